The topological polar surface area (TPSA) is 55.8 Å². The van der Waals surface area contributed by atoms with E-state index in [4.69, 9.17) is 9.47 Å². The smallest absolute Gasteiger partial charge is 0.333 e. The summed E-state index contributed by atoms with van der Waals surface area (Å²) in [5.74, 6) is -0.203. The Bertz CT molecular complexity index is 915. The van der Waals surface area contributed by atoms with Crippen molar-refractivity contribution in [1.82, 2.24) is 0 Å². The van der Waals surface area contributed by atoms with Gasteiger partial charge >= 0.3 is 5.97 Å². The molecular formula is C24H24O4S. The van der Waals surface area contributed by atoms with Crippen molar-refractivity contribution in [2.45, 2.75) is 19.4 Å². The lowest BCUT2D eigenvalue weighted by Gasteiger charge is -2.13. The van der Waals surface area contributed by atoms with Crippen molar-refractivity contribution in [3.05, 3.63) is 94.2 Å². The third kappa shape index (κ3) is 6.04. The van der Waals surface area contributed by atoms with Gasteiger partial charge in [-0.05, 0) is 53.3 Å². The summed E-state index contributed by atoms with van der Waals surface area (Å²) in [5.41, 5.74) is 3.21. The van der Waals surface area contributed by atoms with Gasteiger partial charge in [0.1, 0.15) is 12.4 Å². The van der Waals surface area contributed by atoms with Crippen molar-refractivity contribution in [3.8, 4) is 5.75 Å². The number of benzene rings is 2. The molecular weight excluding hydrogens is 384 g/mol. The normalized spacial score (nSPS) is 12.5. The Morgan fingerprint density at radius 2 is 1.83 bits per heavy atom. The van der Waals surface area contributed by atoms with Gasteiger partial charge in [0.2, 0.25) is 0 Å². The van der Waals surface area contributed by atoms with Gasteiger partial charge in [-0.25, -0.2) is 4.79 Å². The van der Waals surface area contributed by atoms with Gasteiger partial charge in [-0.2, -0.15) is 0 Å². The van der Waals surface area contributed by atoms with Crippen LogP contribution in [0.2, 0.25) is 0 Å². The maximum atomic E-state index is 11.2. The van der Waals surface area contributed by atoms with Crippen molar-refractivity contribution in [2.24, 2.45) is 0 Å². The minimum atomic E-state index is -0.945. The first-order valence-corrected chi connectivity index (χ1v) is 10.4. The number of hydrogen-bond donors (Lipinski definition) is 1. The van der Waals surface area contributed by atoms with Gasteiger partial charge in [-0.15, -0.1) is 11.3 Å². The molecule has 0 bridgehead atoms. The van der Waals surface area contributed by atoms with E-state index in [1.165, 1.54) is 4.88 Å². The molecule has 1 heterocycles. The highest BCUT2D eigenvalue weighted by molar-refractivity contribution is 7.11. The molecule has 0 spiro atoms. The fourth-order valence-electron chi connectivity index (χ4n) is 2.99. The van der Waals surface area contributed by atoms with Crippen molar-refractivity contribution < 1.29 is 19.4 Å². The van der Waals surface area contributed by atoms with Crippen LogP contribution in [0.25, 0.3) is 5.57 Å². The van der Waals surface area contributed by atoms with Crippen LogP contribution < -0.4 is 4.74 Å². The molecule has 0 aliphatic rings. The van der Waals surface area contributed by atoms with Crippen molar-refractivity contribution in [1.29, 1.82) is 0 Å². The second-order valence-corrected chi connectivity index (χ2v) is 7.35. The zero-order chi connectivity index (χ0) is 20.5. The van der Waals surface area contributed by atoms with E-state index in [9.17, 15) is 9.90 Å². The molecule has 0 radical (unpaired) electrons. The Balaban J connectivity index is 1.65. The van der Waals surface area contributed by atoms with E-state index in [1.54, 1.807) is 18.3 Å². The number of rotatable bonds is 10. The Morgan fingerprint density at radius 1 is 1.07 bits per heavy atom. The summed E-state index contributed by atoms with van der Waals surface area (Å²) in [6.07, 6.45) is 1.60. The van der Waals surface area contributed by atoms with Gasteiger partial charge < -0.3 is 14.6 Å². The molecule has 1 N–H and O–H groups in total. The number of aliphatic carboxylic acids is 1. The molecule has 1 aromatic heterocycles. The lowest BCUT2D eigenvalue weighted by Crippen LogP contribution is -2.26. The molecule has 5 heteroatoms. The first-order valence-electron chi connectivity index (χ1n) is 9.53. The highest BCUT2D eigenvalue weighted by Gasteiger charge is 2.17. The Kier molecular flexibility index (Phi) is 7.61. The summed E-state index contributed by atoms with van der Waals surface area (Å²) in [5, 5.41) is 11.3. The van der Waals surface area contributed by atoms with Crippen LogP contribution in [-0.2, 0) is 16.0 Å². The highest BCUT2D eigenvalue weighted by Crippen LogP contribution is 2.27. The predicted molar refractivity (Wildman–Crippen MR) is 117 cm³/mol. The van der Waals surface area contributed by atoms with E-state index >= 15 is 0 Å². The fourth-order valence-corrected chi connectivity index (χ4v) is 3.78. The third-order valence-corrected chi connectivity index (χ3v) is 5.30. The summed E-state index contributed by atoms with van der Waals surface area (Å²) in [6.45, 7) is 2.61. The predicted octanol–water partition coefficient (Wildman–Crippen LogP) is 5.29. The van der Waals surface area contributed by atoms with Crippen LogP contribution in [0.1, 0.15) is 22.9 Å². The zero-order valence-electron chi connectivity index (χ0n) is 16.3. The number of carboxylic acids is 1. The monoisotopic (exact) mass is 408 g/mol. The van der Waals surface area contributed by atoms with E-state index in [0.29, 0.717) is 19.6 Å². The van der Waals surface area contributed by atoms with Crippen LogP contribution in [-0.4, -0.2) is 30.4 Å². The van der Waals surface area contributed by atoms with E-state index < -0.39 is 12.1 Å². The average Bonchev–Trinajstić information content (AvgIpc) is 3.27. The summed E-state index contributed by atoms with van der Waals surface area (Å²) >= 11 is 1.70. The molecule has 3 aromatic rings. The van der Waals surface area contributed by atoms with E-state index in [1.807, 2.05) is 48.5 Å². The second-order valence-electron chi connectivity index (χ2n) is 6.40. The Morgan fingerprint density at radius 3 is 2.45 bits per heavy atom. The minimum Gasteiger partial charge on any atom is -0.490 e. The summed E-state index contributed by atoms with van der Waals surface area (Å²) in [6, 6.07) is 21.9. The standard InChI is InChI=1S/C24H24O4S/c1-2-27-22(24(25)26)17-18-10-12-20(13-11-18)28-15-14-21(23-9-6-16-29-23)19-7-4-3-5-8-19/h3-14,16,22H,2,15,17H2,1H3,(H,25,26). The minimum absolute atomic E-state index is 0.333. The van der Waals surface area contributed by atoms with E-state index in [-0.39, 0.29) is 0 Å². The van der Waals surface area contributed by atoms with Crippen LogP contribution in [0.3, 0.4) is 0 Å². The van der Waals surface area contributed by atoms with Crippen molar-refractivity contribution >= 4 is 22.9 Å². The molecule has 1 unspecified atom stereocenters. The number of thiophene rings is 1. The van der Waals surface area contributed by atoms with Crippen molar-refractivity contribution in [2.75, 3.05) is 13.2 Å². The SMILES string of the molecule is CCOC(Cc1ccc(OCC=C(c2ccccc2)c2cccs2)cc1)C(=O)O. The lowest BCUT2D eigenvalue weighted by atomic mass is 10.0. The van der Waals surface area contributed by atoms with Gasteiger partial charge in [0, 0.05) is 17.9 Å². The number of hydrogen-bond acceptors (Lipinski definition) is 4. The maximum absolute atomic E-state index is 11.2. The lowest BCUT2D eigenvalue weighted by molar-refractivity contribution is -0.149. The van der Waals surface area contributed by atoms with Crippen LogP contribution >= 0.6 is 11.3 Å². The average molecular weight is 409 g/mol. The maximum Gasteiger partial charge on any atom is 0.333 e. The molecule has 1 atom stereocenters. The van der Waals surface area contributed by atoms with Crippen LogP contribution in [0.5, 0.6) is 5.75 Å². The molecule has 2 aromatic carbocycles. The van der Waals surface area contributed by atoms with Crippen molar-refractivity contribution in [3.63, 3.8) is 0 Å². The molecule has 0 fully saturated rings. The van der Waals surface area contributed by atoms with Gasteiger partial charge in [-0.3, -0.25) is 0 Å². The quantitative estimate of drug-likeness (QED) is 0.495. The van der Waals surface area contributed by atoms with E-state index in [0.717, 1.165) is 22.4 Å². The van der Waals surface area contributed by atoms with Gasteiger partial charge in [0.15, 0.2) is 6.10 Å². The number of carboxylic acid groups (broad SMARTS) is 1. The summed E-state index contributed by atoms with van der Waals surface area (Å²) in [4.78, 5) is 12.4. The molecule has 4 nitrogen and oxygen atoms in total. The first kappa shape index (κ1) is 20.8. The molecule has 0 aliphatic heterocycles. The number of carbonyl (C=O) groups is 1. The summed E-state index contributed by atoms with van der Waals surface area (Å²) in [7, 11) is 0. The molecule has 0 aliphatic carbocycles. The zero-order valence-corrected chi connectivity index (χ0v) is 17.1. The van der Waals surface area contributed by atoms with Gasteiger partial charge in [-0.1, -0.05) is 48.5 Å². The molecule has 3 rings (SSSR count). The first-order chi connectivity index (χ1) is 14.2. The molecule has 29 heavy (non-hydrogen) atoms. The Hall–Kier alpha value is -2.89. The molecule has 0 saturated heterocycles. The highest BCUT2D eigenvalue weighted by atomic mass is 32.1. The van der Waals surface area contributed by atoms with Crippen LogP contribution in [0.15, 0.2) is 78.2 Å². The van der Waals surface area contributed by atoms with Gasteiger partial charge in [0.05, 0.1) is 0 Å². The molecule has 0 amide bonds. The van der Waals surface area contributed by atoms with Crippen LogP contribution in [0.4, 0.5) is 0 Å². The molecule has 0 saturated carbocycles. The summed E-state index contributed by atoms with van der Waals surface area (Å²) < 4.78 is 11.2. The third-order valence-electron chi connectivity index (χ3n) is 4.40. The second kappa shape index (κ2) is 10.6. The fraction of sp³-hybridized carbons (Fsp3) is 0.208. The largest absolute Gasteiger partial charge is 0.490 e. The van der Waals surface area contributed by atoms with E-state index in [2.05, 4.69) is 29.7 Å². The number of ether oxygens (including phenoxy) is 2. The van der Waals surface area contributed by atoms with Crippen LogP contribution in [0, 0.1) is 0 Å². The molecule has 150 valence electrons. The van der Waals surface area contributed by atoms with Gasteiger partial charge in [0.25, 0.3) is 0 Å². The Labute approximate surface area is 175 Å².